The summed E-state index contributed by atoms with van der Waals surface area (Å²) in [6.07, 6.45) is -0.926. The van der Waals surface area contributed by atoms with Gasteiger partial charge in [-0.2, -0.15) is 0 Å². The van der Waals surface area contributed by atoms with Gasteiger partial charge in [0.1, 0.15) is 5.82 Å². The number of benzene rings is 1. The third-order valence-corrected chi connectivity index (χ3v) is 5.79. The van der Waals surface area contributed by atoms with Crippen molar-refractivity contribution in [3.05, 3.63) is 52.2 Å². The van der Waals surface area contributed by atoms with Gasteiger partial charge in [-0.05, 0) is 55.0 Å². The summed E-state index contributed by atoms with van der Waals surface area (Å²) in [7, 11) is 1.70. The lowest BCUT2D eigenvalue weighted by molar-refractivity contribution is -0.325. The quantitative estimate of drug-likeness (QED) is 0.599. The molecule has 0 unspecified atom stereocenters. The molecule has 3 aromatic rings. The van der Waals surface area contributed by atoms with Crippen LogP contribution >= 0.6 is 0 Å². The van der Waals surface area contributed by atoms with Gasteiger partial charge in [-0.25, -0.2) is 4.98 Å². The van der Waals surface area contributed by atoms with E-state index in [-0.39, 0.29) is 18.0 Å². The Hall–Kier alpha value is -2.61. The Kier molecular flexibility index (Phi) is 5.22. The first-order valence-electron chi connectivity index (χ1n) is 10.0. The molecule has 1 saturated carbocycles. The standard InChI is InChI=1S/C22H24F3N3O2/c1-13-8-16(9-13)20-26-18-5-4-15(17-10-14(2)21(29)27(3)12-17)11-19(18)28(20)6-7-30-22(23,24)25/h4-5,10-13,16H,6-9H2,1-3H3. The second-order valence-electron chi connectivity index (χ2n) is 8.22. The highest BCUT2D eigenvalue weighted by Crippen LogP contribution is 2.42. The number of aromatic nitrogens is 3. The third kappa shape index (κ3) is 4.01. The number of nitrogens with zero attached hydrogens (tertiary/aromatic N) is 3. The SMILES string of the molecule is Cc1cc(-c2ccc3nc(C4CC(C)C4)n(CCOC(F)(F)F)c3c2)cn(C)c1=O. The highest BCUT2D eigenvalue weighted by atomic mass is 19.4. The van der Waals surface area contributed by atoms with Gasteiger partial charge < -0.3 is 9.13 Å². The van der Waals surface area contributed by atoms with Crippen molar-refractivity contribution in [3.8, 4) is 11.1 Å². The molecule has 0 spiro atoms. The predicted octanol–water partition coefficient (Wildman–Crippen LogP) is 4.76. The fourth-order valence-corrected chi connectivity index (χ4v) is 4.27. The number of imidazole rings is 1. The third-order valence-electron chi connectivity index (χ3n) is 5.79. The summed E-state index contributed by atoms with van der Waals surface area (Å²) in [5.41, 5.74) is 3.85. The van der Waals surface area contributed by atoms with Crippen molar-refractivity contribution in [3.63, 3.8) is 0 Å². The maximum Gasteiger partial charge on any atom is 0.522 e. The second kappa shape index (κ2) is 7.58. The van der Waals surface area contributed by atoms with Gasteiger partial charge >= 0.3 is 6.36 Å². The molecule has 5 nitrogen and oxygen atoms in total. The first-order valence-corrected chi connectivity index (χ1v) is 10.0. The first kappa shape index (κ1) is 20.7. The normalized spacial score (nSPS) is 19.3. The zero-order chi connectivity index (χ0) is 21.6. The molecule has 4 rings (SSSR count). The molecule has 0 aliphatic heterocycles. The average molecular weight is 419 g/mol. The fraction of sp³-hybridized carbons (Fsp3) is 0.455. The van der Waals surface area contributed by atoms with Crippen LogP contribution in [0.25, 0.3) is 22.2 Å². The van der Waals surface area contributed by atoms with Crippen LogP contribution in [0.1, 0.15) is 37.1 Å². The molecule has 2 heterocycles. The molecular formula is C22H24F3N3O2. The van der Waals surface area contributed by atoms with Gasteiger partial charge in [0.05, 0.1) is 17.6 Å². The number of fused-ring (bicyclic) bond motifs is 1. The molecule has 0 atom stereocenters. The number of pyridine rings is 1. The van der Waals surface area contributed by atoms with Crippen LogP contribution in [0.15, 0.2) is 35.3 Å². The average Bonchev–Trinajstić information content (AvgIpc) is 2.99. The van der Waals surface area contributed by atoms with E-state index in [9.17, 15) is 18.0 Å². The van der Waals surface area contributed by atoms with Crippen molar-refractivity contribution < 1.29 is 17.9 Å². The maximum absolute atomic E-state index is 12.5. The van der Waals surface area contributed by atoms with E-state index in [0.717, 1.165) is 40.8 Å². The van der Waals surface area contributed by atoms with Crippen molar-refractivity contribution >= 4 is 11.0 Å². The zero-order valence-corrected chi connectivity index (χ0v) is 17.2. The highest BCUT2D eigenvalue weighted by molar-refractivity contribution is 5.82. The van der Waals surface area contributed by atoms with Crippen LogP contribution in [0.3, 0.4) is 0 Å². The molecule has 0 bridgehead atoms. The Morgan fingerprint density at radius 3 is 2.57 bits per heavy atom. The van der Waals surface area contributed by atoms with Gasteiger partial charge in [0, 0.05) is 31.3 Å². The summed E-state index contributed by atoms with van der Waals surface area (Å²) in [5.74, 6) is 1.67. The van der Waals surface area contributed by atoms with Crippen LogP contribution < -0.4 is 5.56 Å². The van der Waals surface area contributed by atoms with E-state index >= 15 is 0 Å². The van der Waals surface area contributed by atoms with Crippen molar-refractivity contribution in [2.75, 3.05) is 6.61 Å². The van der Waals surface area contributed by atoms with Crippen LogP contribution in [0.2, 0.25) is 0 Å². The monoisotopic (exact) mass is 419 g/mol. The molecular weight excluding hydrogens is 395 g/mol. The molecule has 8 heteroatoms. The van der Waals surface area contributed by atoms with Crippen molar-refractivity contribution in [2.45, 2.75) is 45.5 Å². The van der Waals surface area contributed by atoms with E-state index in [2.05, 4.69) is 11.7 Å². The zero-order valence-electron chi connectivity index (χ0n) is 17.2. The molecule has 1 aliphatic carbocycles. The minimum atomic E-state index is -4.65. The van der Waals surface area contributed by atoms with Gasteiger partial charge in [-0.1, -0.05) is 13.0 Å². The van der Waals surface area contributed by atoms with Crippen molar-refractivity contribution in [1.29, 1.82) is 0 Å². The maximum atomic E-state index is 12.5. The van der Waals surface area contributed by atoms with Gasteiger partial charge in [0.25, 0.3) is 5.56 Å². The van der Waals surface area contributed by atoms with Gasteiger partial charge in [0.2, 0.25) is 0 Å². The van der Waals surface area contributed by atoms with E-state index in [1.165, 1.54) is 4.57 Å². The van der Waals surface area contributed by atoms with Crippen LogP contribution in [0, 0.1) is 12.8 Å². The Morgan fingerprint density at radius 1 is 1.20 bits per heavy atom. The Bertz CT molecular complexity index is 1110. The molecule has 30 heavy (non-hydrogen) atoms. The van der Waals surface area contributed by atoms with E-state index < -0.39 is 13.0 Å². The van der Waals surface area contributed by atoms with Gasteiger partial charge in [0.15, 0.2) is 0 Å². The topological polar surface area (TPSA) is 49.0 Å². The Labute approximate surface area is 172 Å². The number of alkyl halides is 3. The van der Waals surface area contributed by atoms with Gasteiger partial charge in [-0.3, -0.25) is 9.53 Å². The summed E-state index contributed by atoms with van der Waals surface area (Å²) < 4.78 is 44.9. The summed E-state index contributed by atoms with van der Waals surface area (Å²) in [4.78, 5) is 16.7. The smallest absolute Gasteiger partial charge is 0.325 e. The molecule has 1 fully saturated rings. The largest absolute Gasteiger partial charge is 0.522 e. The van der Waals surface area contributed by atoms with E-state index in [1.54, 1.807) is 20.2 Å². The molecule has 0 N–H and O–H groups in total. The molecule has 1 aromatic carbocycles. The van der Waals surface area contributed by atoms with Crippen LogP contribution in [0.4, 0.5) is 13.2 Å². The van der Waals surface area contributed by atoms with Crippen LogP contribution in [0.5, 0.6) is 0 Å². The van der Waals surface area contributed by atoms with Crippen LogP contribution in [-0.2, 0) is 18.3 Å². The van der Waals surface area contributed by atoms with E-state index in [0.29, 0.717) is 11.5 Å². The first-order chi connectivity index (χ1) is 14.1. The van der Waals surface area contributed by atoms with E-state index in [1.807, 2.05) is 28.8 Å². The molecule has 1 aliphatic rings. The molecule has 2 aromatic heterocycles. The highest BCUT2D eigenvalue weighted by Gasteiger charge is 2.32. The lowest BCUT2D eigenvalue weighted by Gasteiger charge is -2.32. The van der Waals surface area contributed by atoms with Gasteiger partial charge in [-0.15, -0.1) is 13.2 Å². The summed E-state index contributed by atoms with van der Waals surface area (Å²) in [5, 5.41) is 0. The summed E-state index contributed by atoms with van der Waals surface area (Å²) in [6, 6.07) is 7.57. The van der Waals surface area contributed by atoms with Crippen LogP contribution in [-0.4, -0.2) is 27.1 Å². The number of hydrogen-bond acceptors (Lipinski definition) is 3. The minimum Gasteiger partial charge on any atom is -0.325 e. The molecule has 0 radical (unpaired) electrons. The van der Waals surface area contributed by atoms with E-state index in [4.69, 9.17) is 4.98 Å². The molecule has 0 saturated heterocycles. The lowest BCUT2D eigenvalue weighted by atomic mass is 9.75. The fourth-order valence-electron chi connectivity index (χ4n) is 4.27. The van der Waals surface area contributed by atoms with Crippen molar-refractivity contribution in [1.82, 2.24) is 14.1 Å². The second-order valence-corrected chi connectivity index (χ2v) is 8.22. The number of ether oxygens (including phenoxy) is 1. The lowest BCUT2D eigenvalue weighted by Crippen LogP contribution is -2.24. The Morgan fingerprint density at radius 2 is 1.93 bits per heavy atom. The molecule has 0 amide bonds. The molecule has 160 valence electrons. The summed E-state index contributed by atoms with van der Waals surface area (Å²) in [6.45, 7) is 3.54. The minimum absolute atomic E-state index is 0.0597. The number of halogens is 3. The Balaban J connectivity index is 1.76. The number of aryl methyl sites for hydroxylation is 2. The predicted molar refractivity (Wildman–Crippen MR) is 108 cm³/mol. The number of rotatable bonds is 5. The summed E-state index contributed by atoms with van der Waals surface area (Å²) >= 11 is 0. The number of hydrogen-bond donors (Lipinski definition) is 0. The van der Waals surface area contributed by atoms with Crippen molar-refractivity contribution in [2.24, 2.45) is 13.0 Å².